The van der Waals surface area contributed by atoms with Gasteiger partial charge in [0.2, 0.25) is 5.13 Å². The summed E-state index contributed by atoms with van der Waals surface area (Å²) in [6.45, 7) is 0. The van der Waals surface area contributed by atoms with Crippen LogP contribution < -0.4 is 5.32 Å². The van der Waals surface area contributed by atoms with E-state index in [0.717, 1.165) is 10.1 Å². The second-order valence-electron chi connectivity index (χ2n) is 4.21. The third-order valence-electron chi connectivity index (χ3n) is 2.63. The van der Waals surface area contributed by atoms with E-state index in [1.165, 1.54) is 29.0 Å². The molecule has 2 aromatic heterocycles. The summed E-state index contributed by atoms with van der Waals surface area (Å²) >= 11 is 8.52. The van der Waals surface area contributed by atoms with E-state index in [4.69, 9.17) is 16.0 Å². The molecule has 0 saturated heterocycles. The van der Waals surface area contributed by atoms with Crippen LogP contribution in [0.25, 0.3) is 0 Å². The van der Waals surface area contributed by atoms with Crippen molar-refractivity contribution in [2.45, 2.75) is 10.1 Å². The van der Waals surface area contributed by atoms with E-state index in [9.17, 15) is 4.79 Å². The number of anilines is 1. The van der Waals surface area contributed by atoms with Gasteiger partial charge in [0.05, 0.1) is 0 Å². The normalized spacial score (nSPS) is 10.6. The van der Waals surface area contributed by atoms with Gasteiger partial charge in [-0.2, -0.15) is 0 Å². The van der Waals surface area contributed by atoms with Gasteiger partial charge in [-0.05, 0) is 29.3 Å². The van der Waals surface area contributed by atoms with E-state index < -0.39 is 5.91 Å². The van der Waals surface area contributed by atoms with E-state index in [1.54, 1.807) is 11.8 Å². The minimum Gasteiger partial charge on any atom is -0.440 e. The van der Waals surface area contributed by atoms with Gasteiger partial charge in [0.1, 0.15) is 0 Å². The highest BCUT2D eigenvalue weighted by Crippen LogP contribution is 2.28. The van der Waals surface area contributed by atoms with Crippen LogP contribution in [0, 0.1) is 0 Å². The molecule has 3 aromatic rings. The first-order chi connectivity index (χ1) is 10.7. The van der Waals surface area contributed by atoms with Gasteiger partial charge in [0, 0.05) is 5.75 Å². The molecule has 0 aliphatic heterocycles. The van der Waals surface area contributed by atoms with Crippen molar-refractivity contribution in [1.82, 2.24) is 10.2 Å². The first-order valence-electron chi connectivity index (χ1n) is 6.27. The smallest absolute Gasteiger partial charge is 0.293 e. The molecule has 0 atom stereocenters. The second kappa shape index (κ2) is 6.95. The molecule has 8 heteroatoms. The lowest BCUT2D eigenvalue weighted by molar-refractivity contribution is 0.0996. The van der Waals surface area contributed by atoms with E-state index >= 15 is 0 Å². The van der Waals surface area contributed by atoms with Crippen LogP contribution >= 0.6 is 34.7 Å². The average molecular weight is 352 g/mol. The summed E-state index contributed by atoms with van der Waals surface area (Å²) in [6, 6.07) is 13.1. The lowest BCUT2D eigenvalue weighted by atomic mass is 10.2. The van der Waals surface area contributed by atoms with Crippen molar-refractivity contribution in [3.05, 3.63) is 59.0 Å². The predicted molar refractivity (Wildman–Crippen MR) is 87.6 cm³/mol. The van der Waals surface area contributed by atoms with Crippen LogP contribution in [-0.4, -0.2) is 16.1 Å². The minimum absolute atomic E-state index is 0.138. The molecule has 0 aliphatic rings. The van der Waals surface area contributed by atoms with Crippen molar-refractivity contribution in [3.63, 3.8) is 0 Å². The van der Waals surface area contributed by atoms with Crippen LogP contribution in [0.4, 0.5) is 5.13 Å². The molecule has 0 unspecified atom stereocenters. The van der Waals surface area contributed by atoms with Gasteiger partial charge in [-0.3, -0.25) is 10.1 Å². The fraction of sp³-hybridized carbons (Fsp3) is 0.0714. The summed E-state index contributed by atoms with van der Waals surface area (Å²) in [5.41, 5.74) is 1.21. The van der Waals surface area contributed by atoms with Crippen LogP contribution in [0.3, 0.4) is 0 Å². The highest BCUT2D eigenvalue weighted by Gasteiger charge is 2.13. The molecule has 1 aromatic carbocycles. The van der Waals surface area contributed by atoms with Crippen LogP contribution in [0.15, 0.2) is 51.2 Å². The number of rotatable bonds is 5. The van der Waals surface area contributed by atoms with Crippen LogP contribution in [-0.2, 0) is 5.75 Å². The first-order valence-corrected chi connectivity index (χ1v) is 8.45. The standard InChI is InChI=1S/C14H10ClN3O2S2/c15-11-7-6-10(20-11)12(19)16-13-17-18-14(22-13)21-8-9-4-2-1-3-5-9/h1-7H,8H2,(H,16,17,19). The van der Waals surface area contributed by atoms with Crippen molar-refractivity contribution in [3.8, 4) is 0 Å². The molecule has 2 heterocycles. The van der Waals surface area contributed by atoms with E-state index in [2.05, 4.69) is 27.6 Å². The molecule has 3 rings (SSSR count). The average Bonchev–Trinajstić information content (AvgIpc) is 3.15. The number of hydrogen-bond donors (Lipinski definition) is 1. The van der Waals surface area contributed by atoms with Gasteiger partial charge in [0.25, 0.3) is 5.91 Å². The zero-order valence-electron chi connectivity index (χ0n) is 11.2. The highest BCUT2D eigenvalue weighted by atomic mass is 35.5. The van der Waals surface area contributed by atoms with Gasteiger partial charge < -0.3 is 4.42 Å². The molecular formula is C14H10ClN3O2S2. The number of furan rings is 1. The Hall–Kier alpha value is -1.83. The Morgan fingerprint density at radius 1 is 1.23 bits per heavy atom. The second-order valence-corrected chi connectivity index (χ2v) is 6.78. The molecule has 0 saturated carbocycles. The number of aromatic nitrogens is 2. The Labute approximate surface area is 139 Å². The number of carbonyl (C=O) groups is 1. The van der Waals surface area contributed by atoms with E-state index in [0.29, 0.717) is 5.13 Å². The van der Waals surface area contributed by atoms with E-state index in [1.807, 2.05) is 18.2 Å². The number of halogens is 1. The van der Waals surface area contributed by atoms with Gasteiger partial charge >= 0.3 is 0 Å². The molecule has 0 bridgehead atoms. The zero-order valence-corrected chi connectivity index (χ0v) is 13.5. The summed E-state index contributed by atoms with van der Waals surface area (Å²) in [5.74, 6) is 0.540. The Bertz CT molecular complexity index is 773. The van der Waals surface area contributed by atoms with Gasteiger partial charge in [-0.15, -0.1) is 10.2 Å². The zero-order chi connectivity index (χ0) is 15.4. The third kappa shape index (κ3) is 3.88. The summed E-state index contributed by atoms with van der Waals surface area (Å²) in [5, 5.41) is 11.2. The minimum atomic E-state index is -0.400. The molecule has 5 nitrogen and oxygen atoms in total. The topological polar surface area (TPSA) is 68.0 Å². The summed E-state index contributed by atoms with van der Waals surface area (Å²) < 4.78 is 5.82. The molecular weight excluding hydrogens is 342 g/mol. The maximum Gasteiger partial charge on any atom is 0.293 e. The van der Waals surface area contributed by atoms with Crippen LogP contribution in [0.2, 0.25) is 5.22 Å². The number of nitrogens with one attached hydrogen (secondary N) is 1. The molecule has 22 heavy (non-hydrogen) atoms. The SMILES string of the molecule is O=C(Nc1nnc(SCc2ccccc2)s1)c1ccc(Cl)o1. The first kappa shape index (κ1) is 15.1. The number of carbonyl (C=O) groups excluding carboxylic acids is 1. The number of hydrogen-bond acceptors (Lipinski definition) is 6. The van der Waals surface area contributed by atoms with Crippen molar-refractivity contribution in [1.29, 1.82) is 0 Å². The quantitative estimate of drug-likeness (QED) is 0.547. The Morgan fingerprint density at radius 2 is 2.05 bits per heavy atom. The summed E-state index contributed by atoms with van der Waals surface area (Å²) in [6.07, 6.45) is 0. The van der Waals surface area contributed by atoms with Crippen LogP contribution in [0.1, 0.15) is 16.1 Å². The van der Waals surface area contributed by atoms with Gasteiger partial charge in [0.15, 0.2) is 15.3 Å². The Balaban J connectivity index is 1.58. The molecule has 1 N–H and O–H groups in total. The molecule has 112 valence electrons. The monoisotopic (exact) mass is 351 g/mol. The predicted octanol–water partition coefficient (Wildman–Crippen LogP) is 4.33. The molecule has 0 fully saturated rings. The maximum atomic E-state index is 11.9. The molecule has 0 aliphatic carbocycles. The summed E-state index contributed by atoms with van der Waals surface area (Å²) in [7, 11) is 0. The lowest BCUT2D eigenvalue weighted by Gasteiger charge is -1.97. The van der Waals surface area contributed by atoms with Gasteiger partial charge in [-0.1, -0.05) is 53.4 Å². The molecule has 0 radical (unpaired) electrons. The fourth-order valence-electron chi connectivity index (χ4n) is 1.63. The number of amides is 1. The van der Waals surface area contributed by atoms with Crippen molar-refractivity contribution < 1.29 is 9.21 Å². The van der Waals surface area contributed by atoms with Crippen molar-refractivity contribution >= 4 is 45.7 Å². The Kier molecular flexibility index (Phi) is 4.77. The fourth-order valence-corrected chi connectivity index (χ4v) is 3.48. The van der Waals surface area contributed by atoms with Crippen molar-refractivity contribution in [2.75, 3.05) is 5.32 Å². The number of thioether (sulfide) groups is 1. The van der Waals surface area contributed by atoms with Gasteiger partial charge in [-0.25, -0.2) is 0 Å². The molecule has 0 spiro atoms. The number of benzene rings is 1. The van der Waals surface area contributed by atoms with Crippen LogP contribution in [0.5, 0.6) is 0 Å². The summed E-state index contributed by atoms with van der Waals surface area (Å²) in [4.78, 5) is 11.9. The molecule has 1 amide bonds. The highest BCUT2D eigenvalue weighted by molar-refractivity contribution is 8.00. The Morgan fingerprint density at radius 3 is 2.77 bits per heavy atom. The van der Waals surface area contributed by atoms with Crippen molar-refractivity contribution in [2.24, 2.45) is 0 Å². The number of nitrogens with zero attached hydrogens (tertiary/aromatic N) is 2. The van der Waals surface area contributed by atoms with E-state index in [-0.39, 0.29) is 11.0 Å². The maximum absolute atomic E-state index is 11.9. The third-order valence-corrected chi connectivity index (χ3v) is 4.88. The lowest BCUT2D eigenvalue weighted by Crippen LogP contribution is -2.10. The largest absolute Gasteiger partial charge is 0.440 e.